The number of β-lactam (4-membered cyclic amide) rings is 1. The van der Waals surface area contributed by atoms with Crippen LogP contribution < -0.4 is 5.73 Å². The standard InChI is InChI=1S/C8H16N2O/c1-5(2)6(3)10-4-7(9)8(10)11/h5-7H,4,9H2,1-3H3. The number of hydrogen-bond donors (Lipinski definition) is 1. The van der Waals surface area contributed by atoms with Gasteiger partial charge in [-0.1, -0.05) is 13.8 Å². The van der Waals surface area contributed by atoms with E-state index in [2.05, 4.69) is 20.8 Å². The lowest BCUT2D eigenvalue weighted by Crippen LogP contribution is -2.64. The largest absolute Gasteiger partial charge is 0.336 e. The maximum absolute atomic E-state index is 11.1. The van der Waals surface area contributed by atoms with Crippen LogP contribution >= 0.6 is 0 Å². The Morgan fingerprint density at radius 3 is 2.36 bits per heavy atom. The van der Waals surface area contributed by atoms with Gasteiger partial charge in [-0.15, -0.1) is 0 Å². The number of nitrogens with zero attached hydrogens (tertiary/aromatic N) is 1. The number of likely N-dealkylation sites (tertiary alicyclic amines) is 1. The van der Waals surface area contributed by atoms with Crippen LogP contribution in [0, 0.1) is 5.92 Å². The van der Waals surface area contributed by atoms with Crippen molar-refractivity contribution in [1.82, 2.24) is 4.90 Å². The Balaban J connectivity index is 2.45. The van der Waals surface area contributed by atoms with Crippen molar-refractivity contribution in [3.05, 3.63) is 0 Å². The minimum absolute atomic E-state index is 0.103. The van der Waals surface area contributed by atoms with E-state index in [0.717, 1.165) is 6.54 Å². The van der Waals surface area contributed by atoms with Crippen LogP contribution in [0.3, 0.4) is 0 Å². The van der Waals surface area contributed by atoms with Gasteiger partial charge in [0, 0.05) is 12.6 Å². The Bertz CT molecular complexity index is 167. The molecule has 1 aliphatic rings. The summed E-state index contributed by atoms with van der Waals surface area (Å²) in [6, 6.07) is 0.110. The number of nitrogens with two attached hydrogens (primary N) is 1. The van der Waals surface area contributed by atoms with Gasteiger partial charge in [-0.25, -0.2) is 0 Å². The monoisotopic (exact) mass is 156 g/mol. The average Bonchev–Trinajstić information content (AvgIpc) is 1.98. The van der Waals surface area contributed by atoms with Crippen LogP contribution in [0.2, 0.25) is 0 Å². The van der Waals surface area contributed by atoms with E-state index in [4.69, 9.17) is 5.73 Å². The van der Waals surface area contributed by atoms with Crippen molar-refractivity contribution >= 4 is 5.91 Å². The van der Waals surface area contributed by atoms with E-state index in [-0.39, 0.29) is 11.9 Å². The topological polar surface area (TPSA) is 46.3 Å². The number of rotatable bonds is 2. The van der Waals surface area contributed by atoms with Crippen LogP contribution in [0.5, 0.6) is 0 Å². The summed E-state index contributed by atoms with van der Waals surface area (Å²) in [7, 11) is 0. The first-order valence-electron chi connectivity index (χ1n) is 4.10. The summed E-state index contributed by atoms with van der Waals surface area (Å²) in [6.45, 7) is 7.02. The molecule has 0 aliphatic carbocycles. The van der Waals surface area contributed by atoms with Gasteiger partial charge >= 0.3 is 0 Å². The van der Waals surface area contributed by atoms with E-state index in [1.807, 2.05) is 4.90 Å². The second-order valence-electron chi connectivity index (χ2n) is 3.58. The zero-order valence-corrected chi connectivity index (χ0v) is 7.37. The van der Waals surface area contributed by atoms with E-state index in [1.54, 1.807) is 0 Å². The zero-order valence-electron chi connectivity index (χ0n) is 7.37. The zero-order chi connectivity index (χ0) is 8.59. The van der Waals surface area contributed by atoms with Gasteiger partial charge in [-0.2, -0.15) is 0 Å². The Morgan fingerprint density at radius 1 is 1.55 bits per heavy atom. The minimum Gasteiger partial charge on any atom is -0.336 e. The second kappa shape index (κ2) is 2.81. The maximum Gasteiger partial charge on any atom is 0.241 e. The van der Waals surface area contributed by atoms with E-state index in [0.29, 0.717) is 12.0 Å². The van der Waals surface area contributed by atoms with E-state index >= 15 is 0 Å². The molecule has 1 rings (SSSR count). The molecule has 0 aromatic heterocycles. The van der Waals surface area contributed by atoms with Crippen molar-refractivity contribution in [1.29, 1.82) is 0 Å². The molecule has 0 aromatic rings. The molecule has 1 heterocycles. The van der Waals surface area contributed by atoms with Gasteiger partial charge in [0.2, 0.25) is 5.91 Å². The van der Waals surface area contributed by atoms with Crippen molar-refractivity contribution in [2.45, 2.75) is 32.9 Å². The Kier molecular flexibility index (Phi) is 2.18. The molecule has 1 fully saturated rings. The van der Waals surface area contributed by atoms with Crippen molar-refractivity contribution in [2.75, 3.05) is 6.54 Å². The summed E-state index contributed by atoms with van der Waals surface area (Å²) in [6.07, 6.45) is 0. The Morgan fingerprint density at radius 2 is 2.09 bits per heavy atom. The molecule has 2 N–H and O–H groups in total. The molecule has 0 radical (unpaired) electrons. The predicted octanol–water partition coefficient (Wildman–Crippen LogP) is 0.200. The summed E-state index contributed by atoms with van der Waals surface area (Å²) in [5.41, 5.74) is 5.46. The molecule has 3 nitrogen and oxygen atoms in total. The Hall–Kier alpha value is -0.570. The average molecular weight is 156 g/mol. The lowest BCUT2D eigenvalue weighted by molar-refractivity contribution is -0.146. The van der Waals surface area contributed by atoms with Crippen LogP contribution in [-0.4, -0.2) is 29.4 Å². The third kappa shape index (κ3) is 1.38. The Labute approximate surface area is 67.5 Å². The minimum atomic E-state index is -0.226. The highest BCUT2D eigenvalue weighted by atomic mass is 16.2. The normalized spacial score (nSPS) is 27.2. The smallest absolute Gasteiger partial charge is 0.241 e. The van der Waals surface area contributed by atoms with Gasteiger partial charge in [0.1, 0.15) is 6.04 Å². The van der Waals surface area contributed by atoms with E-state index in [9.17, 15) is 4.79 Å². The fourth-order valence-corrected chi connectivity index (χ4v) is 1.21. The summed E-state index contributed by atoms with van der Waals surface area (Å²) in [5, 5.41) is 0. The molecule has 1 amide bonds. The second-order valence-corrected chi connectivity index (χ2v) is 3.58. The fourth-order valence-electron chi connectivity index (χ4n) is 1.21. The van der Waals surface area contributed by atoms with Gasteiger partial charge in [-0.3, -0.25) is 4.79 Å². The van der Waals surface area contributed by atoms with E-state index < -0.39 is 0 Å². The van der Waals surface area contributed by atoms with Gasteiger partial charge in [0.05, 0.1) is 0 Å². The van der Waals surface area contributed by atoms with Gasteiger partial charge in [-0.05, 0) is 12.8 Å². The van der Waals surface area contributed by atoms with Crippen molar-refractivity contribution in [2.24, 2.45) is 11.7 Å². The predicted molar refractivity (Wildman–Crippen MR) is 44.0 cm³/mol. The first-order valence-corrected chi connectivity index (χ1v) is 4.10. The maximum atomic E-state index is 11.1. The molecular weight excluding hydrogens is 140 g/mol. The quantitative estimate of drug-likeness (QED) is 0.580. The van der Waals surface area contributed by atoms with E-state index in [1.165, 1.54) is 0 Å². The van der Waals surface area contributed by atoms with Crippen molar-refractivity contribution in [3.63, 3.8) is 0 Å². The molecule has 2 atom stereocenters. The van der Waals surface area contributed by atoms with Crippen LogP contribution in [0.25, 0.3) is 0 Å². The number of carbonyl (C=O) groups excluding carboxylic acids is 1. The van der Waals surface area contributed by atoms with Crippen LogP contribution in [0.15, 0.2) is 0 Å². The highest BCUT2D eigenvalue weighted by Gasteiger charge is 2.37. The van der Waals surface area contributed by atoms with Gasteiger partial charge < -0.3 is 10.6 Å². The fraction of sp³-hybridized carbons (Fsp3) is 0.875. The van der Waals surface area contributed by atoms with Gasteiger partial charge in [0.25, 0.3) is 0 Å². The van der Waals surface area contributed by atoms with Gasteiger partial charge in [0.15, 0.2) is 0 Å². The highest BCUT2D eigenvalue weighted by Crippen LogP contribution is 2.17. The lowest BCUT2D eigenvalue weighted by atomic mass is 9.98. The summed E-state index contributed by atoms with van der Waals surface area (Å²) in [4.78, 5) is 13.0. The summed E-state index contributed by atoms with van der Waals surface area (Å²) in [5.74, 6) is 0.623. The molecule has 1 aliphatic heterocycles. The first-order chi connectivity index (χ1) is 5.04. The van der Waals surface area contributed by atoms with Crippen molar-refractivity contribution < 1.29 is 4.79 Å². The molecule has 11 heavy (non-hydrogen) atoms. The summed E-state index contributed by atoms with van der Waals surface area (Å²) < 4.78 is 0. The first kappa shape index (κ1) is 8.53. The third-order valence-corrected chi connectivity index (χ3v) is 2.45. The van der Waals surface area contributed by atoms with Crippen LogP contribution in [-0.2, 0) is 4.79 Å². The lowest BCUT2D eigenvalue weighted by Gasteiger charge is -2.42. The third-order valence-electron chi connectivity index (χ3n) is 2.45. The molecule has 64 valence electrons. The number of carbonyl (C=O) groups is 1. The van der Waals surface area contributed by atoms with Crippen LogP contribution in [0.1, 0.15) is 20.8 Å². The molecule has 1 saturated heterocycles. The molecule has 0 bridgehead atoms. The molecule has 3 heteroatoms. The number of amides is 1. The SMILES string of the molecule is CC(C)C(C)N1CC(N)C1=O. The number of hydrogen-bond acceptors (Lipinski definition) is 2. The molecule has 0 aromatic carbocycles. The van der Waals surface area contributed by atoms with Crippen LogP contribution in [0.4, 0.5) is 0 Å². The molecule has 0 saturated carbocycles. The molecular formula is C8H16N2O. The highest BCUT2D eigenvalue weighted by molar-refractivity contribution is 5.87. The molecule has 2 unspecified atom stereocenters. The molecule has 0 spiro atoms. The summed E-state index contributed by atoms with van der Waals surface area (Å²) >= 11 is 0. The van der Waals surface area contributed by atoms with Crippen molar-refractivity contribution in [3.8, 4) is 0 Å².